The molecule has 5 nitrogen and oxygen atoms in total. The summed E-state index contributed by atoms with van der Waals surface area (Å²) in [5, 5.41) is 11.3. The fourth-order valence-corrected chi connectivity index (χ4v) is 1.44. The summed E-state index contributed by atoms with van der Waals surface area (Å²) in [6.45, 7) is 2.63. The number of halogens is 1. The first-order chi connectivity index (χ1) is 8.04. The van der Waals surface area contributed by atoms with Gasteiger partial charge in [-0.05, 0) is 13.0 Å². The molecule has 0 radical (unpaired) electrons. The molecule has 0 saturated carbocycles. The Morgan fingerprint density at radius 3 is 2.76 bits per heavy atom. The molecule has 0 unspecified atom stereocenters. The highest BCUT2D eigenvalue weighted by atomic mass is 35.5. The molecular formula is C11H14ClNO4. The van der Waals surface area contributed by atoms with Crippen molar-refractivity contribution in [1.29, 1.82) is 0 Å². The molecule has 94 valence electrons. The minimum absolute atomic E-state index is 0.375. The molecule has 1 aromatic carbocycles. The van der Waals surface area contributed by atoms with Crippen LogP contribution in [0.5, 0.6) is 5.75 Å². The van der Waals surface area contributed by atoms with Crippen LogP contribution in [0.4, 0.5) is 10.5 Å². The van der Waals surface area contributed by atoms with Crippen molar-refractivity contribution in [1.82, 2.24) is 0 Å². The number of nitrogens with one attached hydrogen (secondary N) is 1. The number of carbonyl (C=O) groups is 1. The summed E-state index contributed by atoms with van der Waals surface area (Å²) in [7, 11) is 1.58. The maximum atomic E-state index is 10.5. The number of carboxylic acid groups (broad SMARTS) is 1. The molecule has 0 atom stereocenters. The Morgan fingerprint density at radius 1 is 1.47 bits per heavy atom. The van der Waals surface area contributed by atoms with E-state index >= 15 is 0 Å². The predicted octanol–water partition coefficient (Wildman–Crippen LogP) is 2.76. The van der Waals surface area contributed by atoms with Crippen molar-refractivity contribution in [3.63, 3.8) is 0 Å². The van der Waals surface area contributed by atoms with E-state index < -0.39 is 6.09 Å². The first-order valence-corrected chi connectivity index (χ1v) is 5.34. The van der Waals surface area contributed by atoms with Gasteiger partial charge in [-0.15, -0.1) is 0 Å². The first-order valence-electron chi connectivity index (χ1n) is 4.96. The van der Waals surface area contributed by atoms with Crippen LogP contribution >= 0.6 is 11.6 Å². The third kappa shape index (κ3) is 4.13. The van der Waals surface area contributed by atoms with E-state index in [4.69, 9.17) is 26.2 Å². The van der Waals surface area contributed by atoms with E-state index in [1.807, 2.05) is 0 Å². The molecule has 0 fully saturated rings. The van der Waals surface area contributed by atoms with Crippen LogP contribution in [0.2, 0.25) is 5.02 Å². The maximum Gasteiger partial charge on any atom is 0.409 e. The second-order valence-electron chi connectivity index (χ2n) is 3.35. The molecule has 2 N–H and O–H groups in total. The number of hydrogen-bond acceptors (Lipinski definition) is 3. The van der Waals surface area contributed by atoms with Gasteiger partial charge in [0.15, 0.2) is 0 Å². The van der Waals surface area contributed by atoms with Gasteiger partial charge in [0, 0.05) is 29.4 Å². The SMILES string of the molecule is COCCOc1cc(NC(=O)O)cc(Cl)c1C. The molecule has 1 rings (SSSR count). The Hall–Kier alpha value is -1.46. The Bertz CT molecular complexity index is 409. The average Bonchev–Trinajstić information content (AvgIpc) is 2.24. The van der Waals surface area contributed by atoms with Gasteiger partial charge in [0.05, 0.1) is 6.61 Å². The molecule has 0 aliphatic carbocycles. The Morgan fingerprint density at radius 2 is 2.18 bits per heavy atom. The van der Waals surface area contributed by atoms with E-state index in [-0.39, 0.29) is 0 Å². The number of methoxy groups -OCH3 is 1. The van der Waals surface area contributed by atoms with E-state index in [1.54, 1.807) is 20.1 Å². The van der Waals surface area contributed by atoms with Crippen molar-refractivity contribution in [3.8, 4) is 5.75 Å². The van der Waals surface area contributed by atoms with Gasteiger partial charge in [-0.25, -0.2) is 4.79 Å². The summed E-state index contributed by atoms with van der Waals surface area (Å²) in [5.41, 5.74) is 1.14. The Labute approximate surface area is 104 Å². The van der Waals surface area contributed by atoms with Crippen LogP contribution in [0.25, 0.3) is 0 Å². The minimum atomic E-state index is -1.15. The van der Waals surface area contributed by atoms with Crippen molar-refractivity contribution < 1.29 is 19.4 Å². The van der Waals surface area contributed by atoms with Gasteiger partial charge in [0.25, 0.3) is 0 Å². The highest BCUT2D eigenvalue weighted by molar-refractivity contribution is 6.31. The summed E-state index contributed by atoms with van der Waals surface area (Å²) in [6, 6.07) is 3.12. The average molecular weight is 260 g/mol. The molecule has 0 spiro atoms. The summed E-state index contributed by atoms with van der Waals surface area (Å²) in [4.78, 5) is 10.5. The van der Waals surface area contributed by atoms with Gasteiger partial charge in [-0.3, -0.25) is 5.32 Å². The second-order valence-corrected chi connectivity index (χ2v) is 3.76. The predicted molar refractivity (Wildman–Crippen MR) is 65.2 cm³/mol. The fourth-order valence-electron chi connectivity index (χ4n) is 1.23. The summed E-state index contributed by atoms with van der Waals surface area (Å²) < 4.78 is 10.3. The highest BCUT2D eigenvalue weighted by Crippen LogP contribution is 2.30. The third-order valence-corrected chi connectivity index (χ3v) is 2.49. The summed E-state index contributed by atoms with van der Waals surface area (Å²) in [6.07, 6.45) is -1.15. The monoisotopic (exact) mass is 259 g/mol. The van der Waals surface area contributed by atoms with Crippen LogP contribution in [0, 0.1) is 6.92 Å². The standard InChI is InChI=1S/C11H14ClNO4/c1-7-9(12)5-8(13-11(14)15)6-10(7)17-4-3-16-2/h5-6,13H,3-4H2,1-2H3,(H,14,15). The van der Waals surface area contributed by atoms with E-state index in [0.717, 1.165) is 5.56 Å². The van der Waals surface area contributed by atoms with Crippen LogP contribution in [0.3, 0.4) is 0 Å². The van der Waals surface area contributed by atoms with Gasteiger partial charge in [0.2, 0.25) is 0 Å². The topological polar surface area (TPSA) is 67.8 Å². The van der Waals surface area contributed by atoms with Gasteiger partial charge in [-0.1, -0.05) is 11.6 Å². The molecule has 0 heterocycles. The van der Waals surface area contributed by atoms with Crippen LogP contribution in [0.1, 0.15) is 5.56 Å². The minimum Gasteiger partial charge on any atom is -0.491 e. The number of amides is 1. The fraction of sp³-hybridized carbons (Fsp3) is 0.364. The number of benzene rings is 1. The number of anilines is 1. The first kappa shape index (κ1) is 13.6. The lowest BCUT2D eigenvalue weighted by Gasteiger charge is -2.12. The number of ether oxygens (including phenoxy) is 2. The lowest BCUT2D eigenvalue weighted by Crippen LogP contribution is -2.09. The normalized spacial score (nSPS) is 10.1. The van der Waals surface area contributed by atoms with Crippen LogP contribution in [-0.4, -0.2) is 31.5 Å². The van der Waals surface area contributed by atoms with Crippen molar-refractivity contribution in [2.24, 2.45) is 0 Å². The van der Waals surface area contributed by atoms with Crippen LogP contribution in [-0.2, 0) is 4.74 Å². The third-order valence-electron chi connectivity index (χ3n) is 2.09. The van der Waals surface area contributed by atoms with E-state index in [9.17, 15) is 4.79 Å². The van der Waals surface area contributed by atoms with Gasteiger partial charge in [0.1, 0.15) is 12.4 Å². The summed E-state index contributed by atoms with van der Waals surface area (Å²) in [5.74, 6) is 0.540. The smallest absolute Gasteiger partial charge is 0.409 e. The zero-order valence-electron chi connectivity index (χ0n) is 9.62. The number of hydrogen-bond donors (Lipinski definition) is 2. The molecule has 0 aliphatic heterocycles. The van der Waals surface area contributed by atoms with Crippen LogP contribution in [0.15, 0.2) is 12.1 Å². The number of rotatable bonds is 5. The zero-order chi connectivity index (χ0) is 12.8. The molecule has 0 saturated heterocycles. The van der Waals surface area contributed by atoms with E-state index in [0.29, 0.717) is 29.7 Å². The second kappa shape index (κ2) is 6.32. The molecule has 17 heavy (non-hydrogen) atoms. The molecule has 1 amide bonds. The van der Waals surface area contributed by atoms with E-state index in [1.165, 1.54) is 6.07 Å². The molecule has 0 aromatic heterocycles. The van der Waals surface area contributed by atoms with E-state index in [2.05, 4.69) is 5.32 Å². The highest BCUT2D eigenvalue weighted by Gasteiger charge is 2.08. The summed E-state index contributed by atoms with van der Waals surface area (Å²) >= 11 is 5.97. The molecule has 6 heteroatoms. The quantitative estimate of drug-likeness (QED) is 0.798. The van der Waals surface area contributed by atoms with Gasteiger partial charge in [-0.2, -0.15) is 0 Å². The maximum absolute atomic E-state index is 10.5. The molecule has 0 bridgehead atoms. The lowest BCUT2D eigenvalue weighted by atomic mass is 10.2. The van der Waals surface area contributed by atoms with Gasteiger partial charge < -0.3 is 14.6 Å². The van der Waals surface area contributed by atoms with Crippen LogP contribution < -0.4 is 10.1 Å². The molecule has 1 aromatic rings. The van der Waals surface area contributed by atoms with Crippen molar-refractivity contribution in [3.05, 3.63) is 22.7 Å². The van der Waals surface area contributed by atoms with Crippen molar-refractivity contribution >= 4 is 23.4 Å². The lowest BCUT2D eigenvalue weighted by molar-refractivity contribution is 0.146. The molecule has 0 aliphatic rings. The molecular weight excluding hydrogens is 246 g/mol. The largest absolute Gasteiger partial charge is 0.491 e. The Kier molecular flexibility index (Phi) is 5.06. The zero-order valence-corrected chi connectivity index (χ0v) is 10.4. The van der Waals surface area contributed by atoms with Crippen molar-refractivity contribution in [2.75, 3.05) is 25.6 Å². The van der Waals surface area contributed by atoms with Gasteiger partial charge >= 0.3 is 6.09 Å². The Balaban J connectivity index is 2.86. The van der Waals surface area contributed by atoms with Crippen molar-refractivity contribution in [2.45, 2.75) is 6.92 Å².